The van der Waals surface area contributed by atoms with Crippen LogP contribution in [0.1, 0.15) is 42.1 Å². The van der Waals surface area contributed by atoms with E-state index >= 15 is 0 Å². The third-order valence-corrected chi connectivity index (χ3v) is 2.33. The second-order valence-corrected chi connectivity index (χ2v) is 3.53. The highest BCUT2D eigenvalue weighted by Crippen LogP contribution is 2.16. The molecule has 1 aromatic rings. The SMILES string of the molecule is CCC(C)OCc1cc(C(=O)O)oc1C. The normalized spacial score (nSPS) is 12.7. The van der Waals surface area contributed by atoms with Crippen molar-refractivity contribution in [1.29, 1.82) is 0 Å². The molecule has 0 amide bonds. The summed E-state index contributed by atoms with van der Waals surface area (Å²) < 4.78 is 10.6. The molecule has 0 aliphatic heterocycles. The Labute approximate surface area is 88.8 Å². The van der Waals surface area contributed by atoms with Gasteiger partial charge in [0.25, 0.3) is 0 Å². The molecule has 1 atom stereocenters. The first kappa shape index (κ1) is 11.8. The van der Waals surface area contributed by atoms with Crippen molar-refractivity contribution in [2.45, 2.75) is 39.9 Å². The van der Waals surface area contributed by atoms with Gasteiger partial charge in [-0.25, -0.2) is 4.79 Å². The molecule has 4 nitrogen and oxygen atoms in total. The summed E-state index contributed by atoms with van der Waals surface area (Å²) in [7, 11) is 0. The van der Waals surface area contributed by atoms with E-state index in [9.17, 15) is 4.79 Å². The molecule has 1 aromatic heterocycles. The average molecular weight is 212 g/mol. The summed E-state index contributed by atoms with van der Waals surface area (Å²) in [6, 6.07) is 1.51. The van der Waals surface area contributed by atoms with Gasteiger partial charge in [0.05, 0.1) is 12.7 Å². The molecule has 84 valence electrons. The number of carbonyl (C=O) groups is 1. The van der Waals surface area contributed by atoms with Crippen molar-refractivity contribution in [1.82, 2.24) is 0 Å². The molecule has 4 heteroatoms. The molecule has 1 rings (SSSR count). The Hall–Kier alpha value is -1.29. The quantitative estimate of drug-likeness (QED) is 0.815. The third kappa shape index (κ3) is 3.09. The molecule has 0 spiro atoms. The summed E-state index contributed by atoms with van der Waals surface area (Å²) in [6.07, 6.45) is 1.11. The fraction of sp³-hybridized carbons (Fsp3) is 0.545. The Morgan fingerprint density at radius 1 is 1.67 bits per heavy atom. The molecule has 0 aliphatic carbocycles. The van der Waals surface area contributed by atoms with Gasteiger partial charge in [-0.15, -0.1) is 0 Å². The van der Waals surface area contributed by atoms with E-state index in [2.05, 4.69) is 0 Å². The van der Waals surface area contributed by atoms with Crippen molar-refractivity contribution in [3.05, 3.63) is 23.2 Å². The topological polar surface area (TPSA) is 59.7 Å². The predicted octanol–water partition coefficient (Wildman–Crippen LogP) is 2.60. The maximum Gasteiger partial charge on any atom is 0.371 e. The highest BCUT2D eigenvalue weighted by molar-refractivity contribution is 5.84. The number of ether oxygens (including phenoxy) is 1. The number of carboxylic acids is 1. The molecule has 0 fully saturated rings. The van der Waals surface area contributed by atoms with Crippen LogP contribution < -0.4 is 0 Å². The van der Waals surface area contributed by atoms with E-state index in [0.717, 1.165) is 12.0 Å². The highest BCUT2D eigenvalue weighted by Gasteiger charge is 2.13. The lowest BCUT2D eigenvalue weighted by molar-refractivity contribution is 0.0502. The van der Waals surface area contributed by atoms with E-state index in [1.165, 1.54) is 6.07 Å². The van der Waals surface area contributed by atoms with Gasteiger partial charge < -0.3 is 14.3 Å². The van der Waals surface area contributed by atoms with E-state index in [1.54, 1.807) is 6.92 Å². The molecule has 0 aliphatic rings. The van der Waals surface area contributed by atoms with E-state index in [4.69, 9.17) is 14.3 Å². The number of aromatic carboxylic acids is 1. The van der Waals surface area contributed by atoms with Crippen molar-refractivity contribution >= 4 is 5.97 Å². The number of furan rings is 1. The van der Waals surface area contributed by atoms with Crippen LogP contribution in [-0.2, 0) is 11.3 Å². The minimum atomic E-state index is -1.05. The van der Waals surface area contributed by atoms with Crippen LogP contribution in [0.3, 0.4) is 0 Å². The minimum absolute atomic E-state index is 0.0322. The number of rotatable bonds is 5. The van der Waals surface area contributed by atoms with Crippen LogP contribution in [-0.4, -0.2) is 17.2 Å². The van der Waals surface area contributed by atoms with Gasteiger partial charge >= 0.3 is 5.97 Å². The summed E-state index contributed by atoms with van der Waals surface area (Å²) in [5, 5.41) is 8.71. The summed E-state index contributed by atoms with van der Waals surface area (Å²) in [6.45, 7) is 6.16. The largest absolute Gasteiger partial charge is 0.475 e. The van der Waals surface area contributed by atoms with Crippen LogP contribution in [0.4, 0.5) is 0 Å². The monoisotopic (exact) mass is 212 g/mol. The number of aryl methyl sites for hydroxylation is 1. The van der Waals surface area contributed by atoms with Crippen molar-refractivity contribution < 1.29 is 19.1 Å². The van der Waals surface area contributed by atoms with Crippen molar-refractivity contribution in [2.24, 2.45) is 0 Å². The summed E-state index contributed by atoms with van der Waals surface area (Å²) in [4.78, 5) is 10.6. The molecule has 0 bridgehead atoms. The molecule has 0 saturated carbocycles. The number of hydrogen-bond donors (Lipinski definition) is 1. The smallest absolute Gasteiger partial charge is 0.371 e. The molecule has 1 unspecified atom stereocenters. The Balaban J connectivity index is 2.65. The van der Waals surface area contributed by atoms with Crippen LogP contribution in [0.15, 0.2) is 10.5 Å². The molecular weight excluding hydrogens is 196 g/mol. The first-order valence-corrected chi connectivity index (χ1v) is 4.98. The van der Waals surface area contributed by atoms with Crippen molar-refractivity contribution in [3.8, 4) is 0 Å². The van der Waals surface area contributed by atoms with Gasteiger partial charge in [0, 0.05) is 5.56 Å². The van der Waals surface area contributed by atoms with Crippen molar-refractivity contribution in [3.63, 3.8) is 0 Å². The van der Waals surface area contributed by atoms with Crippen molar-refractivity contribution in [2.75, 3.05) is 0 Å². The molecule has 1 N–H and O–H groups in total. The second kappa shape index (κ2) is 4.98. The maximum atomic E-state index is 10.6. The van der Waals surface area contributed by atoms with E-state index in [-0.39, 0.29) is 11.9 Å². The lowest BCUT2D eigenvalue weighted by Crippen LogP contribution is -2.06. The van der Waals surface area contributed by atoms with Gasteiger partial charge in [-0.3, -0.25) is 0 Å². The zero-order valence-electron chi connectivity index (χ0n) is 9.24. The first-order valence-electron chi connectivity index (χ1n) is 4.98. The van der Waals surface area contributed by atoms with Gasteiger partial charge in [0.2, 0.25) is 5.76 Å². The number of carboxylic acid groups (broad SMARTS) is 1. The average Bonchev–Trinajstić information content (AvgIpc) is 2.56. The Morgan fingerprint density at radius 3 is 2.80 bits per heavy atom. The Bertz CT molecular complexity index is 340. The van der Waals surface area contributed by atoms with E-state index in [1.807, 2.05) is 13.8 Å². The zero-order chi connectivity index (χ0) is 11.4. The molecule has 15 heavy (non-hydrogen) atoms. The highest BCUT2D eigenvalue weighted by atomic mass is 16.5. The Morgan fingerprint density at radius 2 is 2.33 bits per heavy atom. The molecular formula is C11H16O4. The van der Waals surface area contributed by atoms with Crippen LogP contribution in [0, 0.1) is 6.92 Å². The summed E-state index contributed by atoms with van der Waals surface area (Å²) in [5.74, 6) is -0.473. The van der Waals surface area contributed by atoms with Gasteiger partial charge in [0.1, 0.15) is 5.76 Å². The van der Waals surface area contributed by atoms with Crippen LogP contribution in [0.2, 0.25) is 0 Å². The lowest BCUT2D eigenvalue weighted by Gasteiger charge is -2.09. The summed E-state index contributed by atoms with van der Waals surface area (Å²) in [5.41, 5.74) is 0.799. The van der Waals surface area contributed by atoms with Crippen LogP contribution in [0.5, 0.6) is 0 Å². The van der Waals surface area contributed by atoms with E-state index < -0.39 is 5.97 Å². The molecule has 0 radical (unpaired) electrons. The van der Waals surface area contributed by atoms with E-state index in [0.29, 0.717) is 12.4 Å². The predicted molar refractivity (Wildman–Crippen MR) is 54.9 cm³/mol. The summed E-state index contributed by atoms with van der Waals surface area (Å²) >= 11 is 0. The third-order valence-electron chi connectivity index (χ3n) is 2.33. The molecule has 0 saturated heterocycles. The lowest BCUT2D eigenvalue weighted by atomic mass is 10.2. The fourth-order valence-electron chi connectivity index (χ4n) is 1.12. The standard InChI is InChI=1S/C11H16O4/c1-4-7(2)14-6-9-5-10(11(12)13)15-8(9)3/h5,7H,4,6H2,1-3H3,(H,12,13). The number of hydrogen-bond acceptors (Lipinski definition) is 3. The Kier molecular flexibility index (Phi) is 3.91. The first-order chi connectivity index (χ1) is 7.04. The van der Waals surface area contributed by atoms with Gasteiger partial charge in [-0.05, 0) is 26.3 Å². The van der Waals surface area contributed by atoms with Crippen LogP contribution >= 0.6 is 0 Å². The van der Waals surface area contributed by atoms with Gasteiger partial charge in [-0.2, -0.15) is 0 Å². The fourth-order valence-corrected chi connectivity index (χ4v) is 1.12. The molecule has 0 aromatic carbocycles. The second-order valence-electron chi connectivity index (χ2n) is 3.53. The minimum Gasteiger partial charge on any atom is -0.475 e. The maximum absolute atomic E-state index is 10.6. The molecule has 1 heterocycles. The van der Waals surface area contributed by atoms with Gasteiger partial charge in [-0.1, -0.05) is 6.92 Å². The van der Waals surface area contributed by atoms with Gasteiger partial charge in [0.15, 0.2) is 0 Å². The zero-order valence-corrected chi connectivity index (χ0v) is 9.24. The van der Waals surface area contributed by atoms with Crippen LogP contribution in [0.25, 0.3) is 0 Å².